The summed E-state index contributed by atoms with van der Waals surface area (Å²) in [5.74, 6) is -0.667. The van der Waals surface area contributed by atoms with E-state index in [1.165, 1.54) is 16.0 Å². The lowest BCUT2D eigenvalue weighted by Gasteiger charge is -2.31. The number of carbonyl (C=O) groups excluding carboxylic acids is 1. The number of morpholine rings is 1. The third-order valence-electron chi connectivity index (χ3n) is 4.83. The van der Waals surface area contributed by atoms with Crippen LogP contribution in [0.3, 0.4) is 0 Å². The van der Waals surface area contributed by atoms with E-state index in [2.05, 4.69) is 11.2 Å². The highest BCUT2D eigenvalue weighted by Gasteiger charge is 2.40. The molecule has 0 unspecified atom stereocenters. The summed E-state index contributed by atoms with van der Waals surface area (Å²) >= 11 is 6.06. The van der Waals surface area contributed by atoms with Gasteiger partial charge in [0.25, 0.3) is 5.91 Å². The summed E-state index contributed by atoms with van der Waals surface area (Å²) in [5, 5.41) is 14.5. The van der Waals surface area contributed by atoms with Crippen molar-refractivity contribution in [3.8, 4) is 6.07 Å². The van der Waals surface area contributed by atoms with Gasteiger partial charge in [-0.3, -0.25) is 9.80 Å². The molecule has 2 heterocycles. The summed E-state index contributed by atoms with van der Waals surface area (Å²) in [6, 6.07) is 13.4. The van der Waals surface area contributed by atoms with Crippen molar-refractivity contribution in [1.29, 1.82) is 5.26 Å². The first-order valence-electron chi connectivity index (χ1n) is 9.17. The minimum absolute atomic E-state index is 0.0713. The number of rotatable bonds is 3. The predicted octanol–water partition coefficient (Wildman–Crippen LogP) is 2.18. The summed E-state index contributed by atoms with van der Waals surface area (Å²) in [6.45, 7) is 1.44. The maximum atomic E-state index is 13.2. The molecule has 1 fully saturated rings. The van der Waals surface area contributed by atoms with Gasteiger partial charge in [0.15, 0.2) is 0 Å². The Hall–Kier alpha value is -2.93. The summed E-state index contributed by atoms with van der Waals surface area (Å²) in [6.07, 6.45) is 0. The number of hydrogen-bond acceptors (Lipinski definition) is 7. The number of nitrogens with zero attached hydrogens (tertiary/aromatic N) is 4. The number of hydrogen-bond donors (Lipinski definition) is 0. The monoisotopic (exact) mass is 444 g/mol. The maximum Gasteiger partial charge on any atom is 0.286 e. The van der Waals surface area contributed by atoms with E-state index in [9.17, 15) is 13.2 Å². The van der Waals surface area contributed by atoms with Gasteiger partial charge in [-0.25, -0.2) is 8.42 Å². The van der Waals surface area contributed by atoms with Crippen molar-refractivity contribution in [2.45, 2.75) is 11.4 Å². The Morgan fingerprint density at radius 1 is 1.20 bits per heavy atom. The molecule has 30 heavy (non-hydrogen) atoms. The van der Waals surface area contributed by atoms with Gasteiger partial charge in [0, 0.05) is 18.1 Å². The Morgan fingerprint density at radius 3 is 2.70 bits per heavy atom. The summed E-state index contributed by atoms with van der Waals surface area (Å²) in [7, 11) is -4.15. The number of benzene rings is 2. The molecule has 0 aliphatic carbocycles. The van der Waals surface area contributed by atoms with Crippen LogP contribution in [0.1, 0.15) is 11.1 Å². The fraction of sp³-hybridized carbons (Fsp3) is 0.250. The molecule has 2 aromatic carbocycles. The molecule has 0 saturated carbocycles. The van der Waals surface area contributed by atoms with Crippen LogP contribution < -0.4 is 5.01 Å². The van der Waals surface area contributed by atoms with Crippen LogP contribution in [0.4, 0.5) is 5.69 Å². The zero-order valence-corrected chi connectivity index (χ0v) is 17.4. The van der Waals surface area contributed by atoms with E-state index in [4.69, 9.17) is 21.6 Å². The van der Waals surface area contributed by atoms with Crippen LogP contribution >= 0.6 is 11.6 Å². The molecule has 0 atom stereocenters. The van der Waals surface area contributed by atoms with Gasteiger partial charge in [0.1, 0.15) is 4.90 Å². The molecular formula is C20H17ClN4O4S. The van der Waals surface area contributed by atoms with E-state index in [-0.39, 0.29) is 16.5 Å². The highest BCUT2D eigenvalue weighted by molar-refractivity contribution is 8.08. The second kappa shape index (κ2) is 8.07. The van der Waals surface area contributed by atoms with Gasteiger partial charge in [-0.05, 0) is 35.9 Å². The second-order valence-electron chi connectivity index (χ2n) is 6.80. The lowest BCUT2D eigenvalue weighted by atomic mass is 10.1. The van der Waals surface area contributed by atoms with Crippen molar-refractivity contribution >= 4 is 38.1 Å². The maximum absolute atomic E-state index is 13.2. The SMILES string of the molecule is N#Cc1cccc(CN2N=C(C(=O)N3CCOCC3)S(=O)(=O)c3cc(Cl)ccc32)c1. The van der Waals surface area contributed by atoms with Gasteiger partial charge in [-0.1, -0.05) is 23.7 Å². The highest BCUT2D eigenvalue weighted by atomic mass is 35.5. The Labute approximate surface area is 178 Å². The van der Waals surface area contributed by atoms with E-state index in [1.54, 1.807) is 36.4 Å². The number of sulfone groups is 1. The third-order valence-corrected chi connectivity index (χ3v) is 6.73. The molecule has 8 nitrogen and oxygen atoms in total. The topological polar surface area (TPSA) is 103 Å². The second-order valence-corrected chi connectivity index (χ2v) is 9.06. The molecule has 0 aromatic heterocycles. The zero-order valence-electron chi connectivity index (χ0n) is 15.8. The molecule has 4 rings (SSSR count). The summed E-state index contributed by atoms with van der Waals surface area (Å²) < 4.78 is 31.6. The van der Waals surface area contributed by atoms with E-state index >= 15 is 0 Å². The van der Waals surface area contributed by atoms with Crippen molar-refractivity contribution in [2.75, 3.05) is 31.3 Å². The van der Waals surface area contributed by atoms with Crippen molar-refractivity contribution in [3.05, 3.63) is 58.6 Å². The molecule has 1 amide bonds. The number of fused-ring (bicyclic) bond motifs is 1. The molecule has 1 saturated heterocycles. The summed E-state index contributed by atoms with van der Waals surface area (Å²) in [5.41, 5.74) is 1.54. The number of amides is 1. The third kappa shape index (κ3) is 3.77. The van der Waals surface area contributed by atoms with Gasteiger partial charge in [0.05, 0.1) is 37.1 Å². The number of anilines is 1. The van der Waals surface area contributed by atoms with Crippen LogP contribution in [-0.4, -0.2) is 50.6 Å². The van der Waals surface area contributed by atoms with Crippen LogP contribution in [0.2, 0.25) is 5.02 Å². The average Bonchev–Trinajstić information content (AvgIpc) is 2.76. The molecule has 0 N–H and O–H groups in total. The zero-order chi connectivity index (χ0) is 21.3. The molecule has 154 valence electrons. The van der Waals surface area contributed by atoms with Crippen LogP contribution in [0.25, 0.3) is 0 Å². The Bertz CT molecular complexity index is 1180. The van der Waals surface area contributed by atoms with E-state index in [0.29, 0.717) is 37.6 Å². The Kier molecular flexibility index (Phi) is 5.47. The molecular weight excluding hydrogens is 428 g/mol. The number of halogens is 1. The van der Waals surface area contributed by atoms with Gasteiger partial charge in [-0.2, -0.15) is 10.4 Å². The van der Waals surface area contributed by atoms with E-state index in [0.717, 1.165) is 5.56 Å². The van der Waals surface area contributed by atoms with Crippen molar-refractivity contribution in [1.82, 2.24) is 4.90 Å². The fourth-order valence-corrected chi connectivity index (χ4v) is 5.07. The number of nitriles is 1. The molecule has 0 radical (unpaired) electrons. The van der Waals surface area contributed by atoms with E-state index < -0.39 is 20.8 Å². The van der Waals surface area contributed by atoms with Crippen molar-refractivity contribution < 1.29 is 17.9 Å². The van der Waals surface area contributed by atoms with Crippen molar-refractivity contribution in [3.63, 3.8) is 0 Å². The largest absolute Gasteiger partial charge is 0.378 e. The molecule has 0 spiro atoms. The number of carbonyl (C=O) groups is 1. The molecule has 2 aromatic rings. The standard InChI is InChI=1S/C20H17ClN4O4S/c21-16-4-5-17-18(11-16)30(27,28)19(20(26)24-6-8-29-9-7-24)23-25(17)13-15-3-1-2-14(10-15)12-22/h1-5,10-11H,6-9,13H2. The quantitative estimate of drug-likeness (QED) is 0.718. The highest BCUT2D eigenvalue weighted by Crippen LogP contribution is 2.35. The number of hydrazone groups is 1. The molecule has 10 heteroatoms. The van der Waals surface area contributed by atoms with Gasteiger partial charge >= 0.3 is 0 Å². The molecule has 2 aliphatic heterocycles. The predicted molar refractivity (Wildman–Crippen MR) is 111 cm³/mol. The van der Waals surface area contributed by atoms with Gasteiger partial charge < -0.3 is 9.64 Å². The Balaban J connectivity index is 1.79. The first kappa shape index (κ1) is 20.3. The lowest BCUT2D eigenvalue weighted by molar-refractivity contribution is -0.127. The summed E-state index contributed by atoms with van der Waals surface area (Å²) in [4.78, 5) is 14.4. The first-order chi connectivity index (χ1) is 14.4. The van der Waals surface area contributed by atoms with Crippen LogP contribution in [-0.2, 0) is 25.9 Å². The van der Waals surface area contributed by atoms with Crippen LogP contribution in [0.5, 0.6) is 0 Å². The van der Waals surface area contributed by atoms with Gasteiger partial charge in [-0.15, -0.1) is 0 Å². The minimum atomic E-state index is -4.15. The lowest BCUT2D eigenvalue weighted by Crippen LogP contribution is -2.47. The smallest absolute Gasteiger partial charge is 0.286 e. The fourth-order valence-electron chi connectivity index (χ4n) is 3.33. The van der Waals surface area contributed by atoms with Crippen molar-refractivity contribution in [2.24, 2.45) is 5.10 Å². The van der Waals surface area contributed by atoms with Crippen LogP contribution in [0.15, 0.2) is 52.5 Å². The minimum Gasteiger partial charge on any atom is -0.378 e. The Morgan fingerprint density at radius 2 is 1.97 bits per heavy atom. The first-order valence-corrected chi connectivity index (χ1v) is 11.0. The molecule has 0 bridgehead atoms. The normalized spacial score (nSPS) is 17.7. The molecule has 2 aliphatic rings. The average molecular weight is 445 g/mol. The number of ether oxygens (including phenoxy) is 1. The van der Waals surface area contributed by atoms with Crippen LogP contribution in [0, 0.1) is 11.3 Å². The van der Waals surface area contributed by atoms with Gasteiger partial charge in [0.2, 0.25) is 14.9 Å². The van der Waals surface area contributed by atoms with E-state index in [1.807, 2.05) is 0 Å².